The lowest BCUT2D eigenvalue weighted by Gasteiger charge is -2.34. The number of nitrogens with two attached hydrogens (primary N) is 1. The van der Waals surface area contributed by atoms with Gasteiger partial charge in [-0.15, -0.1) is 5.10 Å². The largest absolute Gasteiger partial charge is 0.329 e. The van der Waals surface area contributed by atoms with Gasteiger partial charge in [0.15, 0.2) is 0 Å². The van der Waals surface area contributed by atoms with Crippen molar-refractivity contribution >= 4 is 0 Å². The van der Waals surface area contributed by atoms with Crippen molar-refractivity contribution in [1.29, 1.82) is 0 Å². The molecule has 1 aromatic heterocycles. The van der Waals surface area contributed by atoms with E-state index in [-0.39, 0.29) is 0 Å². The Morgan fingerprint density at radius 2 is 2.17 bits per heavy atom. The minimum Gasteiger partial charge on any atom is -0.329 e. The maximum absolute atomic E-state index is 5.50. The number of rotatable bonds is 5. The average Bonchev–Trinajstić information content (AvgIpc) is 2.78. The molecule has 2 heterocycles. The van der Waals surface area contributed by atoms with Gasteiger partial charge >= 0.3 is 0 Å². The summed E-state index contributed by atoms with van der Waals surface area (Å²) in [5.74, 6) is 0. The van der Waals surface area contributed by atoms with Gasteiger partial charge in [-0.3, -0.25) is 9.58 Å². The molecule has 0 bridgehead atoms. The maximum atomic E-state index is 5.50. The normalized spacial score (nSPS) is 18.7. The van der Waals surface area contributed by atoms with Gasteiger partial charge in [0.05, 0.1) is 12.2 Å². The Kier molecular flexibility index (Phi) is 4.68. The molecule has 1 fully saturated rings. The Balaban J connectivity index is 1.84. The van der Waals surface area contributed by atoms with E-state index in [1.54, 1.807) is 0 Å². The number of nitrogens with zero attached hydrogens (tertiary/aromatic N) is 5. The molecule has 2 rings (SSSR count). The molecule has 1 aliphatic rings. The van der Waals surface area contributed by atoms with Crippen molar-refractivity contribution < 1.29 is 0 Å². The minimum absolute atomic E-state index is 0.605. The van der Waals surface area contributed by atoms with E-state index < -0.39 is 0 Å². The molecule has 6 heteroatoms. The van der Waals surface area contributed by atoms with Gasteiger partial charge in [0.1, 0.15) is 0 Å². The molecule has 1 aromatic rings. The Morgan fingerprint density at radius 3 is 2.83 bits per heavy atom. The Morgan fingerprint density at radius 1 is 1.44 bits per heavy atom. The second-order valence-corrected chi connectivity index (χ2v) is 5.21. The Labute approximate surface area is 109 Å². The van der Waals surface area contributed by atoms with Crippen molar-refractivity contribution in [1.82, 2.24) is 24.8 Å². The van der Waals surface area contributed by atoms with Crippen LogP contribution in [0.3, 0.4) is 0 Å². The predicted octanol–water partition coefficient (Wildman–Crippen LogP) is -0.237. The van der Waals surface area contributed by atoms with Gasteiger partial charge in [-0.2, -0.15) is 0 Å². The van der Waals surface area contributed by atoms with Crippen LogP contribution in [0.4, 0.5) is 0 Å². The number of hydrogen-bond donors (Lipinski definition) is 1. The zero-order valence-electron chi connectivity index (χ0n) is 11.4. The average molecular weight is 252 g/mol. The number of piperidine rings is 1. The van der Waals surface area contributed by atoms with Crippen molar-refractivity contribution in [2.24, 2.45) is 5.73 Å². The van der Waals surface area contributed by atoms with Crippen molar-refractivity contribution in [2.45, 2.75) is 32.0 Å². The number of aromatic nitrogens is 3. The van der Waals surface area contributed by atoms with E-state index in [0.29, 0.717) is 12.6 Å². The van der Waals surface area contributed by atoms with Crippen LogP contribution in [-0.2, 0) is 13.1 Å². The van der Waals surface area contributed by atoms with Gasteiger partial charge in [-0.25, -0.2) is 0 Å². The van der Waals surface area contributed by atoms with Crippen LogP contribution in [0.2, 0.25) is 0 Å². The van der Waals surface area contributed by atoms with Crippen molar-refractivity contribution in [3.63, 3.8) is 0 Å². The summed E-state index contributed by atoms with van der Waals surface area (Å²) in [6.07, 6.45) is 4.48. The first-order chi connectivity index (χ1) is 8.69. The molecule has 102 valence electrons. The first-order valence-corrected chi connectivity index (χ1v) is 6.67. The molecule has 0 radical (unpaired) electrons. The monoisotopic (exact) mass is 252 g/mol. The summed E-state index contributed by atoms with van der Waals surface area (Å²) in [4.78, 5) is 4.78. The molecule has 0 saturated carbocycles. The molecule has 1 saturated heterocycles. The summed E-state index contributed by atoms with van der Waals surface area (Å²) in [5.41, 5.74) is 6.53. The van der Waals surface area contributed by atoms with Crippen molar-refractivity contribution in [2.75, 3.05) is 33.7 Å². The van der Waals surface area contributed by atoms with Crippen LogP contribution in [0.15, 0.2) is 6.20 Å². The summed E-state index contributed by atoms with van der Waals surface area (Å²) in [6, 6.07) is 0.667. The summed E-state index contributed by atoms with van der Waals surface area (Å²) in [5, 5.41) is 8.26. The molecule has 18 heavy (non-hydrogen) atoms. The standard InChI is InChI=1S/C12H24N6/c1-16-6-3-12(4-7-16)17(2)9-11-10-18(8-5-13)15-14-11/h10,12H,3-9,13H2,1-2H3. The smallest absolute Gasteiger partial charge is 0.0967 e. The molecule has 0 aliphatic carbocycles. The van der Waals surface area contributed by atoms with Crippen molar-refractivity contribution in [3.05, 3.63) is 11.9 Å². The second-order valence-electron chi connectivity index (χ2n) is 5.21. The second kappa shape index (κ2) is 6.26. The van der Waals surface area contributed by atoms with Crippen LogP contribution in [0, 0.1) is 0 Å². The predicted molar refractivity (Wildman–Crippen MR) is 71.1 cm³/mol. The summed E-state index contributed by atoms with van der Waals surface area (Å²) < 4.78 is 1.82. The van der Waals surface area contributed by atoms with Crippen molar-refractivity contribution in [3.8, 4) is 0 Å². The van der Waals surface area contributed by atoms with E-state index in [4.69, 9.17) is 5.73 Å². The van der Waals surface area contributed by atoms with Crippen LogP contribution in [0.5, 0.6) is 0 Å². The molecule has 0 unspecified atom stereocenters. The van der Waals surface area contributed by atoms with E-state index in [9.17, 15) is 0 Å². The van der Waals surface area contributed by atoms with Crippen LogP contribution in [-0.4, -0.2) is 64.6 Å². The third-order valence-corrected chi connectivity index (χ3v) is 3.67. The lowest BCUT2D eigenvalue weighted by atomic mass is 10.0. The van der Waals surface area contributed by atoms with Gasteiger partial charge in [0.25, 0.3) is 0 Å². The lowest BCUT2D eigenvalue weighted by Crippen LogP contribution is -2.41. The molecular weight excluding hydrogens is 228 g/mol. The Bertz CT molecular complexity index is 355. The lowest BCUT2D eigenvalue weighted by molar-refractivity contribution is 0.138. The third-order valence-electron chi connectivity index (χ3n) is 3.67. The summed E-state index contributed by atoms with van der Waals surface area (Å²) in [6.45, 7) is 4.60. The highest BCUT2D eigenvalue weighted by atomic mass is 15.4. The first-order valence-electron chi connectivity index (χ1n) is 6.67. The van der Waals surface area contributed by atoms with Crippen LogP contribution in [0.1, 0.15) is 18.5 Å². The topological polar surface area (TPSA) is 63.2 Å². The zero-order chi connectivity index (χ0) is 13.0. The highest BCUT2D eigenvalue weighted by molar-refractivity contribution is 4.93. The maximum Gasteiger partial charge on any atom is 0.0967 e. The zero-order valence-corrected chi connectivity index (χ0v) is 11.4. The highest BCUT2D eigenvalue weighted by Gasteiger charge is 2.21. The van der Waals surface area contributed by atoms with Gasteiger partial charge in [0, 0.05) is 25.3 Å². The third kappa shape index (κ3) is 3.51. The Hall–Kier alpha value is -0.980. The fourth-order valence-electron chi connectivity index (χ4n) is 2.47. The van der Waals surface area contributed by atoms with Crippen LogP contribution < -0.4 is 5.73 Å². The van der Waals surface area contributed by atoms with Gasteiger partial charge in [-0.05, 0) is 40.0 Å². The van der Waals surface area contributed by atoms with Crippen LogP contribution in [0.25, 0.3) is 0 Å². The fourth-order valence-corrected chi connectivity index (χ4v) is 2.47. The van der Waals surface area contributed by atoms with E-state index in [0.717, 1.165) is 18.8 Å². The molecule has 0 amide bonds. The molecule has 1 aliphatic heterocycles. The summed E-state index contributed by atoms with van der Waals surface area (Å²) in [7, 11) is 4.37. The molecule has 0 aromatic carbocycles. The highest BCUT2D eigenvalue weighted by Crippen LogP contribution is 2.15. The van der Waals surface area contributed by atoms with Crippen LogP contribution >= 0.6 is 0 Å². The molecular formula is C12H24N6. The van der Waals surface area contributed by atoms with Gasteiger partial charge in [0.2, 0.25) is 0 Å². The molecule has 0 spiro atoms. The minimum atomic E-state index is 0.605. The molecule has 2 N–H and O–H groups in total. The van der Waals surface area contributed by atoms with Gasteiger partial charge in [-0.1, -0.05) is 5.21 Å². The SMILES string of the molecule is CN1CCC(N(C)Cc2cn(CCN)nn2)CC1. The van der Waals surface area contributed by atoms with E-state index >= 15 is 0 Å². The van der Waals surface area contributed by atoms with E-state index in [2.05, 4.69) is 34.2 Å². The molecule has 0 atom stereocenters. The number of likely N-dealkylation sites (tertiary alicyclic amines) is 1. The quantitative estimate of drug-likeness (QED) is 0.784. The number of hydrogen-bond acceptors (Lipinski definition) is 5. The van der Waals surface area contributed by atoms with Gasteiger partial charge < -0.3 is 10.6 Å². The first kappa shape index (κ1) is 13.5. The van der Waals surface area contributed by atoms with E-state index in [1.165, 1.54) is 25.9 Å². The fraction of sp³-hybridized carbons (Fsp3) is 0.833. The van der Waals surface area contributed by atoms with E-state index in [1.807, 2.05) is 10.9 Å². The molecule has 6 nitrogen and oxygen atoms in total. The summed E-state index contributed by atoms with van der Waals surface area (Å²) >= 11 is 0.